The van der Waals surface area contributed by atoms with E-state index in [1.165, 1.54) is 25.5 Å². The van der Waals surface area contributed by atoms with Crippen molar-refractivity contribution >= 4 is 114 Å². The predicted molar refractivity (Wildman–Crippen MR) is 259 cm³/mol. The normalized spacial score (nSPS) is 19.1. The molecule has 0 spiro atoms. The van der Waals surface area contributed by atoms with E-state index in [9.17, 15) is 18.8 Å². The fourth-order valence-corrected chi connectivity index (χ4v) is 7.37. The second-order valence-corrected chi connectivity index (χ2v) is 14.7. The molecule has 60 heavy (non-hydrogen) atoms. The standard InChI is InChI=1S/C41H48FN7O6.5H2S/c1-24(2)36(44-23-55-54-6)39(50)48-17-7-8-34(48)33-19-29(21-43-33)28-14-11-26(12-15-28)9-10-27-13-16-31-32(18-27)46-38(45-31)35-20-30(42)22-49(35)40(51)37(25(3)4)47-41(52)53-5;;;;;/h11-16,18,21,23-25,30,34-37H,7-8,17,19-20,22H2,1-6H3,(H,45,46)(H,47,52);5*1H2/t30-,34-,35-,36-,37-;;;;;/m0...../s1. The first-order valence-corrected chi connectivity index (χ1v) is 18.7. The molecule has 3 aromatic rings. The Morgan fingerprint density at radius 2 is 1.62 bits per heavy atom. The first kappa shape index (κ1) is 54.2. The van der Waals surface area contributed by atoms with Crippen LogP contribution >= 0.6 is 67.5 Å². The number of likely N-dealkylation sites (tertiary alicyclic amines) is 2. The molecule has 0 unspecified atom stereocenters. The van der Waals surface area contributed by atoms with E-state index in [2.05, 4.69) is 32.0 Å². The second-order valence-electron chi connectivity index (χ2n) is 14.7. The number of fused-ring (bicyclic) bond motifs is 1. The summed E-state index contributed by atoms with van der Waals surface area (Å²) in [4.78, 5) is 68.8. The summed E-state index contributed by atoms with van der Waals surface area (Å²) in [5.74, 6) is 6.28. The van der Waals surface area contributed by atoms with Crippen molar-refractivity contribution in [2.75, 3.05) is 27.3 Å². The molecule has 0 saturated carbocycles. The van der Waals surface area contributed by atoms with Crippen molar-refractivity contribution in [1.29, 1.82) is 0 Å². The van der Waals surface area contributed by atoms with Gasteiger partial charge in [-0.3, -0.25) is 14.6 Å². The average molecular weight is 924 g/mol. The van der Waals surface area contributed by atoms with Gasteiger partial charge < -0.3 is 29.7 Å². The van der Waals surface area contributed by atoms with Crippen molar-refractivity contribution in [1.82, 2.24) is 25.1 Å². The van der Waals surface area contributed by atoms with Crippen LogP contribution < -0.4 is 5.32 Å². The molecule has 2 fully saturated rings. The van der Waals surface area contributed by atoms with Gasteiger partial charge in [0, 0.05) is 42.4 Å². The van der Waals surface area contributed by atoms with Crippen LogP contribution in [-0.4, -0.2) is 101 Å². The Labute approximate surface area is 386 Å². The summed E-state index contributed by atoms with van der Waals surface area (Å²) in [6.45, 7) is 8.12. The lowest BCUT2D eigenvalue weighted by molar-refractivity contribution is -0.188. The van der Waals surface area contributed by atoms with Gasteiger partial charge in [0.15, 0.2) is 0 Å². The zero-order valence-corrected chi connectivity index (χ0v) is 39.5. The summed E-state index contributed by atoms with van der Waals surface area (Å²) in [6, 6.07) is 11.5. The van der Waals surface area contributed by atoms with Crippen molar-refractivity contribution in [2.24, 2.45) is 21.8 Å². The fraction of sp³-hybridized carbons (Fsp3) is 0.463. The third-order valence-electron chi connectivity index (χ3n) is 10.3. The van der Waals surface area contributed by atoms with Crippen molar-refractivity contribution in [3.63, 3.8) is 0 Å². The monoisotopic (exact) mass is 923 g/mol. The predicted octanol–water partition coefficient (Wildman–Crippen LogP) is 6.33. The quantitative estimate of drug-likeness (QED) is 0.0751. The van der Waals surface area contributed by atoms with Crippen molar-refractivity contribution in [3.05, 3.63) is 71.2 Å². The van der Waals surface area contributed by atoms with E-state index in [0.717, 1.165) is 46.3 Å². The maximum Gasteiger partial charge on any atom is 0.407 e. The number of hydrogen-bond acceptors (Lipinski definition) is 9. The van der Waals surface area contributed by atoms with Crippen LogP contribution in [0.15, 0.2) is 58.6 Å². The van der Waals surface area contributed by atoms with Crippen LogP contribution in [0, 0.1) is 23.7 Å². The second kappa shape index (κ2) is 24.6. The molecule has 0 aliphatic carbocycles. The number of halogens is 1. The summed E-state index contributed by atoms with van der Waals surface area (Å²) in [5.41, 5.74) is 6.11. The number of imidazole rings is 1. The number of aliphatic imine (C=N–C) groups is 2. The number of carbonyl (C=O) groups excluding carboxylic acids is 3. The zero-order valence-electron chi connectivity index (χ0n) is 34.5. The van der Waals surface area contributed by atoms with Gasteiger partial charge in [0.05, 0.1) is 43.9 Å². The van der Waals surface area contributed by atoms with E-state index < -0.39 is 30.4 Å². The number of carbonyl (C=O) groups is 3. The minimum absolute atomic E-state index is 0. The maximum absolute atomic E-state index is 14.8. The number of hydrogen-bond donors (Lipinski definition) is 2. The Bertz CT molecular complexity index is 2070. The molecule has 4 heterocycles. The van der Waals surface area contributed by atoms with Gasteiger partial charge in [0.1, 0.15) is 24.1 Å². The molecular weight excluding hydrogens is 866 g/mol. The SMILES string of the molecule is COOC=N[C@H](C(=O)N1CCC[C@H]1C1=NC=C(c2ccc(C#Cc3ccc4nc([C@@H]5C[C@H](F)CN5C(=O)[C@@H](NC(=O)OC)C(C)C)[nH]c4c3)cc2)C1)C(C)C.S.S.S.S.S. The molecule has 330 valence electrons. The maximum atomic E-state index is 14.8. The number of aromatic nitrogens is 2. The van der Waals surface area contributed by atoms with E-state index in [1.807, 2.05) is 81.3 Å². The molecule has 3 amide bonds. The molecule has 0 radical (unpaired) electrons. The van der Waals surface area contributed by atoms with Crippen molar-refractivity contribution in [2.45, 2.75) is 83.7 Å². The summed E-state index contributed by atoms with van der Waals surface area (Å²) >= 11 is 0. The highest BCUT2D eigenvalue weighted by molar-refractivity contribution is 7.60. The number of amides is 3. The number of benzene rings is 2. The molecular formula is C41H58FN7O6S5. The highest BCUT2D eigenvalue weighted by atomic mass is 32.1. The van der Waals surface area contributed by atoms with Gasteiger partial charge in [0.25, 0.3) is 0 Å². The van der Waals surface area contributed by atoms with Gasteiger partial charge in [-0.05, 0) is 66.1 Å². The number of aromatic amines is 1. The largest absolute Gasteiger partial charge is 0.453 e. The van der Waals surface area contributed by atoms with E-state index in [4.69, 9.17) is 19.6 Å². The Kier molecular flexibility index (Phi) is 22.2. The van der Waals surface area contributed by atoms with Gasteiger partial charge in [-0.1, -0.05) is 51.7 Å². The van der Waals surface area contributed by atoms with Gasteiger partial charge >= 0.3 is 6.09 Å². The number of alkyl halides is 1. The Morgan fingerprint density at radius 3 is 2.27 bits per heavy atom. The third kappa shape index (κ3) is 12.6. The van der Waals surface area contributed by atoms with Gasteiger partial charge in [0.2, 0.25) is 18.2 Å². The molecule has 2 N–H and O–H groups in total. The van der Waals surface area contributed by atoms with Crippen molar-refractivity contribution < 1.29 is 33.3 Å². The molecule has 2 saturated heterocycles. The molecule has 1 aromatic heterocycles. The van der Waals surface area contributed by atoms with Crippen molar-refractivity contribution in [3.8, 4) is 11.8 Å². The highest BCUT2D eigenvalue weighted by Crippen LogP contribution is 2.35. The molecule has 5 atom stereocenters. The number of allylic oxidation sites excluding steroid dienone is 1. The minimum Gasteiger partial charge on any atom is -0.453 e. The topological polar surface area (TPSA) is 151 Å². The molecule has 3 aliphatic rings. The zero-order chi connectivity index (χ0) is 39.2. The molecule has 2 aromatic carbocycles. The molecule has 13 nitrogen and oxygen atoms in total. The van der Waals surface area contributed by atoms with Gasteiger partial charge in [-0.25, -0.2) is 19.2 Å². The average Bonchev–Trinajstić information content (AvgIpc) is 4.00. The van der Waals surface area contributed by atoms with E-state index >= 15 is 0 Å². The number of nitrogens with zero attached hydrogens (tertiary/aromatic N) is 5. The lowest BCUT2D eigenvalue weighted by Crippen LogP contribution is -2.51. The third-order valence-corrected chi connectivity index (χ3v) is 10.3. The van der Waals surface area contributed by atoms with Gasteiger partial charge in [-0.2, -0.15) is 72.4 Å². The molecule has 0 bridgehead atoms. The van der Waals surface area contributed by atoms with Crippen LogP contribution in [0.5, 0.6) is 0 Å². The number of H-pyrrole nitrogens is 1. The minimum atomic E-state index is -1.22. The number of rotatable bonds is 11. The first-order chi connectivity index (χ1) is 26.5. The number of alkyl carbamates (subject to hydrolysis) is 1. The van der Waals surface area contributed by atoms with Crippen LogP contribution in [0.3, 0.4) is 0 Å². The lowest BCUT2D eigenvalue weighted by atomic mass is 9.97. The van der Waals surface area contributed by atoms with Crippen LogP contribution in [0.4, 0.5) is 9.18 Å². The molecule has 6 rings (SSSR count). The Balaban J connectivity index is 0.00000360. The van der Waals surface area contributed by atoms with E-state index in [-0.39, 0.29) is 110 Å². The summed E-state index contributed by atoms with van der Waals surface area (Å²) in [7, 11) is 2.62. The van der Waals surface area contributed by atoms with Crippen LogP contribution in [0.25, 0.3) is 16.6 Å². The summed E-state index contributed by atoms with van der Waals surface area (Å²) in [5, 5.41) is 2.59. The lowest BCUT2D eigenvalue weighted by Gasteiger charge is -2.29. The number of methoxy groups -OCH3 is 1. The first-order valence-electron chi connectivity index (χ1n) is 18.7. The molecule has 19 heteroatoms. The highest BCUT2D eigenvalue weighted by Gasteiger charge is 2.42. The smallest absolute Gasteiger partial charge is 0.407 e. The van der Waals surface area contributed by atoms with E-state index in [0.29, 0.717) is 24.3 Å². The van der Waals surface area contributed by atoms with Crippen LogP contribution in [0.2, 0.25) is 0 Å². The Morgan fingerprint density at radius 1 is 0.933 bits per heavy atom. The summed E-state index contributed by atoms with van der Waals surface area (Å²) in [6.07, 6.45) is 3.66. The van der Waals surface area contributed by atoms with E-state index in [1.54, 1.807) is 0 Å². The van der Waals surface area contributed by atoms with Gasteiger partial charge in [-0.15, -0.1) is 0 Å². The number of nitrogens with one attached hydrogen (secondary N) is 2. The Hall–Kier alpha value is -3.80. The number of ether oxygens (including phenoxy) is 1. The van der Waals surface area contributed by atoms with Crippen LogP contribution in [-0.2, 0) is 24.1 Å². The molecule has 3 aliphatic heterocycles. The fourth-order valence-electron chi connectivity index (χ4n) is 7.37. The van der Waals surface area contributed by atoms with Crippen LogP contribution in [0.1, 0.15) is 81.9 Å². The summed E-state index contributed by atoms with van der Waals surface area (Å²) < 4.78 is 19.5.